The molecule has 0 aliphatic carbocycles. The zero-order valence-electron chi connectivity index (χ0n) is 11.1. The van der Waals surface area contributed by atoms with Gasteiger partial charge in [-0.05, 0) is 54.6 Å². The van der Waals surface area contributed by atoms with Crippen molar-refractivity contribution >= 4 is 28.8 Å². The second kappa shape index (κ2) is 7.58. The van der Waals surface area contributed by atoms with Gasteiger partial charge >= 0.3 is 0 Å². The van der Waals surface area contributed by atoms with Gasteiger partial charge in [0, 0.05) is 34.4 Å². The van der Waals surface area contributed by atoms with Crippen LogP contribution in [0.1, 0.15) is 16.9 Å². The summed E-state index contributed by atoms with van der Waals surface area (Å²) in [5.74, 6) is 0.970. The van der Waals surface area contributed by atoms with Gasteiger partial charge < -0.3 is 10.4 Å². The summed E-state index contributed by atoms with van der Waals surface area (Å²) in [5, 5.41) is 14.3. The summed E-state index contributed by atoms with van der Waals surface area (Å²) in [6.07, 6.45) is 0.850. The molecule has 0 bridgehead atoms. The van der Waals surface area contributed by atoms with Crippen LogP contribution in [0, 0.1) is 6.92 Å². The van der Waals surface area contributed by atoms with Gasteiger partial charge in [-0.2, -0.15) is 0 Å². The quantitative estimate of drug-likeness (QED) is 0.594. The minimum Gasteiger partial charge on any atom is -0.396 e. The number of benzene rings is 1. The van der Waals surface area contributed by atoms with Crippen molar-refractivity contribution in [2.45, 2.75) is 24.8 Å². The van der Waals surface area contributed by atoms with E-state index < -0.39 is 0 Å². The Morgan fingerprint density at radius 2 is 2.00 bits per heavy atom. The second-order valence-corrected chi connectivity index (χ2v) is 6.50. The zero-order valence-corrected chi connectivity index (χ0v) is 12.7. The van der Waals surface area contributed by atoms with Crippen LogP contribution in [0.5, 0.6) is 0 Å². The second-order valence-electron chi connectivity index (χ2n) is 4.33. The molecule has 0 saturated carbocycles. The lowest BCUT2D eigenvalue weighted by molar-refractivity contribution is 0.296. The molecule has 0 saturated heterocycles. The SMILES string of the molecule is Cc1ccsc1CNc1ccc(SCCCO)cc1. The highest BCUT2D eigenvalue weighted by molar-refractivity contribution is 7.99. The molecule has 19 heavy (non-hydrogen) atoms. The first-order chi connectivity index (χ1) is 9.29. The average Bonchev–Trinajstić information content (AvgIpc) is 2.84. The molecule has 2 nitrogen and oxygen atoms in total. The number of hydrogen-bond donors (Lipinski definition) is 2. The molecule has 1 aromatic heterocycles. The van der Waals surface area contributed by atoms with E-state index in [0.29, 0.717) is 0 Å². The molecule has 0 unspecified atom stereocenters. The molecule has 0 fully saturated rings. The topological polar surface area (TPSA) is 32.3 Å². The number of aliphatic hydroxyl groups excluding tert-OH is 1. The summed E-state index contributed by atoms with van der Waals surface area (Å²) in [6.45, 7) is 3.31. The number of anilines is 1. The van der Waals surface area contributed by atoms with Gasteiger partial charge in [-0.15, -0.1) is 23.1 Å². The van der Waals surface area contributed by atoms with Gasteiger partial charge in [0.25, 0.3) is 0 Å². The number of aliphatic hydroxyl groups is 1. The highest BCUT2D eigenvalue weighted by Gasteiger charge is 2.00. The molecular weight excluding hydrogens is 274 g/mol. The number of aryl methyl sites for hydroxylation is 1. The highest BCUT2D eigenvalue weighted by Crippen LogP contribution is 2.22. The highest BCUT2D eigenvalue weighted by atomic mass is 32.2. The Morgan fingerprint density at radius 1 is 1.21 bits per heavy atom. The lowest BCUT2D eigenvalue weighted by Gasteiger charge is -2.07. The van der Waals surface area contributed by atoms with E-state index >= 15 is 0 Å². The Balaban J connectivity index is 1.83. The summed E-state index contributed by atoms with van der Waals surface area (Å²) in [7, 11) is 0. The summed E-state index contributed by atoms with van der Waals surface area (Å²) in [6, 6.07) is 10.6. The Morgan fingerprint density at radius 3 is 2.63 bits per heavy atom. The van der Waals surface area contributed by atoms with Crippen LogP contribution in [-0.2, 0) is 6.54 Å². The van der Waals surface area contributed by atoms with Crippen molar-refractivity contribution in [2.24, 2.45) is 0 Å². The van der Waals surface area contributed by atoms with Crippen LogP contribution >= 0.6 is 23.1 Å². The maximum atomic E-state index is 8.75. The summed E-state index contributed by atoms with van der Waals surface area (Å²) >= 11 is 3.58. The Kier molecular flexibility index (Phi) is 5.76. The van der Waals surface area contributed by atoms with Gasteiger partial charge in [0.15, 0.2) is 0 Å². The third-order valence-electron chi connectivity index (χ3n) is 2.85. The van der Waals surface area contributed by atoms with Gasteiger partial charge in [0.2, 0.25) is 0 Å². The number of rotatable bonds is 7. The molecule has 0 aliphatic heterocycles. The fourth-order valence-corrected chi connectivity index (χ4v) is 3.37. The van der Waals surface area contributed by atoms with Crippen LogP contribution in [-0.4, -0.2) is 17.5 Å². The molecule has 0 spiro atoms. The first-order valence-electron chi connectivity index (χ1n) is 6.40. The lowest BCUT2D eigenvalue weighted by atomic mass is 10.2. The maximum Gasteiger partial charge on any atom is 0.0496 e. The summed E-state index contributed by atoms with van der Waals surface area (Å²) in [4.78, 5) is 2.65. The molecule has 1 aromatic carbocycles. The van der Waals surface area contributed by atoms with Gasteiger partial charge in [-0.25, -0.2) is 0 Å². The lowest BCUT2D eigenvalue weighted by Crippen LogP contribution is -1.98. The first kappa shape index (κ1) is 14.4. The van der Waals surface area contributed by atoms with Crippen LogP contribution in [0.25, 0.3) is 0 Å². The van der Waals surface area contributed by atoms with E-state index in [4.69, 9.17) is 5.11 Å². The van der Waals surface area contributed by atoms with E-state index in [1.807, 2.05) is 0 Å². The van der Waals surface area contributed by atoms with Crippen molar-refractivity contribution in [1.82, 2.24) is 0 Å². The molecule has 0 atom stereocenters. The van der Waals surface area contributed by atoms with Crippen molar-refractivity contribution in [3.05, 3.63) is 46.2 Å². The van der Waals surface area contributed by atoms with Crippen LogP contribution in [0.15, 0.2) is 40.6 Å². The van der Waals surface area contributed by atoms with E-state index in [-0.39, 0.29) is 6.61 Å². The fraction of sp³-hybridized carbons (Fsp3) is 0.333. The van der Waals surface area contributed by atoms with Gasteiger partial charge in [-0.1, -0.05) is 0 Å². The fourth-order valence-electron chi connectivity index (χ4n) is 1.69. The number of hydrogen-bond acceptors (Lipinski definition) is 4. The normalized spacial score (nSPS) is 10.6. The predicted octanol–water partition coefficient (Wildman–Crippen LogP) is 4.14. The Hall–Kier alpha value is -0.970. The molecule has 4 heteroatoms. The maximum absolute atomic E-state index is 8.75. The van der Waals surface area contributed by atoms with Crippen LogP contribution < -0.4 is 5.32 Å². The molecule has 2 N–H and O–H groups in total. The minimum absolute atomic E-state index is 0.271. The van der Waals surface area contributed by atoms with Crippen molar-refractivity contribution in [3.63, 3.8) is 0 Å². The molecule has 0 aliphatic rings. The smallest absolute Gasteiger partial charge is 0.0496 e. The van der Waals surface area contributed by atoms with E-state index in [1.165, 1.54) is 15.3 Å². The van der Waals surface area contributed by atoms with Gasteiger partial charge in [-0.3, -0.25) is 0 Å². The molecule has 2 rings (SSSR count). The minimum atomic E-state index is 0.271. The number of thioether (sulfide) groups is 1. The van der Waals surface area contributed by atoms with Crippen molar-refractivity contribution in [1.29, 1.82) is 0 Å². The van der Waals surface area contributed by atoms with Crippen molar-refractivity contribution in [2.75, 3.05) is 17.7 Å². The zero-order chi connectivity index (χ0) is 13.5. The predicted molar refractivity (Wildman–Crippen MR) is 85.3 cm³/mol. The molecule has 1 heterocycles. The number of thiophene rings is 1. The standard InChI is InChI=1S/C15H19NOS2/c1-12-7-10-19-15(12)11-16-13-3-5-14(6-4-13)18-9-2-8-17/h3-7,10,16-17H,2,8-9,11H2,1H3. The third kappa shape index (κ3) is 4.56. The molecule has 2 aromatic rings. The summed E-state index contributed by atoms with van der Waals surface area (Å²) in [5.41, 5.74) is 2.51. The first-order valence-corrected chi connectivity index (χ1v) is 8.26. The number of nitrogens with one attached hydrogen (secondary N) is 1. The van der Waals surface area contributed by atoms with E-state index in [9.17, 15) is 0 Å². The van der Waals surface area contributed by atoms with Crippen molar-refractivity contribution < 1.29 is 5.11 Å². The van der Waals surface area contributed by atoms with E-state index in [0.717, 1.165) is 24.4 Å². The summed E-state index contributed by atoms with van der Waals surface area (Å²) < 4.78 is 0. The van der Waals surface area contributed by atoms with E-state index in [1.54, 1.807) is 23.1 Å². The van der Waals surface area contributed by atoms with Gasteiger partial charge in [0.05, 0.1) is 0 Å². The molecule has 0 radical (unpaired) electrons. The van der Waals surface area contributed by atoms with E-state index in [2.05, 4.69) is 48.0 Å². The monoisotopic (exact) mass is 293 g/mol. The van der Waals surface area contributed by atoms with Crippen LogP contribution in [0.2, 0.25) is 0 Å². The Bertz CT molecular complexity index is 493. The molecule has 102 valence electrons. The average molecular weight is 293 g/mol. The van der Waals surface area contributed by atoms with Crippen LogP contribution in [0.4, 0.5) is 5.69 Å². The van der Waals surface area contributed by atoms with Gasteiger partial charge in [0.1, 0.15) is 0 Å². The molecular formula is C15H19NOS2. The third-order valence-corrected chi connectivity index (χ3v) is 4.97. The largest absolute Gasteiger partial charge is 0.396 e. The molecule has 0 amide bonds. The van der Waals surface area contributed by atoms with Crippen molar-refractivity contribution in [3.8, 4) is 0 Å². The Labute approximate surface area is 122 Å². The van der Waals surface area contributed by atoms with Crippen LogP contribution in [0.3, 0.4) is 0 Å².